The molecular formula is C28H30N6O2. The Morgan fingerprint density at radius 1 is 1.08 bits per heavy atom. The molecule has 8 heteroatoms. The zero-order chi connectivity index (χ0) is 24.6. The van der Waals surface area contributed by atoms with E-state index < -0.39 is 0 Å². The number of H-pyrrole nitrogens is 1. The minimum absolute atomic E-state index is 0.0271. The van der Waals surface area contributed by atoms with Crippen molar-refractivity contribution in [2.24, 2.45) is 5.92 Å². The number of pyridine rings is 2. The van der Waals surface area contributed by atoms with Crippen LogP contribution >= 0.6 is 0 Å². The van der Waals surface area contributed by atoms with Crippen LogP contribution in [0.5, 0.6) is 0 Å². The Morgan fingerprint density at radius 3 is 2.83 bits per heavy atom. The number of anilines is 1. The van der Waals surface area contributed by atoms with E-state index >= 15 is 0 Å². The highest BCUT2D eigenvalue weighted by Crippen LogP contribution is 2.32. The lowest BCUT2D eigenvalue weighted by Crippen LogP contribution is -2.28. The minimum Gasteiger partial charge on any atom is -0.461 e. The number of likely N-dealkylation sites (tertiary alicyclic amines) is 1. The summed E-state index contributed by atoms with van der Waals surface area (Å²) in [5, 5.41) is 1.04. The van der Waals surface area contributed by atoms with Crippen molar-refractivity contribution in [1.29, 1.82) is 0 Å². The normalized spacial score (nSPS) is 20.3. The van der Waals surface area contributed by atoms with Crippen molar-refractivity contribution < 1.29 is 9.53 Å². The molecule has 1 N–H and O–H groups in total. The molecule has 184 valence electrons. The third-order valence-corrected chi connectivity index (χ3v) is 7.24. The highest BCUT2D eigenvalue weighted by molar-refractivity contribution is 5.88. The number of aromatic nitrogens is 4. The summed E-state index contributed by atoms with van der Waals surface area (Å²) in [6.07, 6.45) is 5.37. The fourth-order valence-corrected chi connectivity index (χ4v) is 5.27. The first-order valence-corrected chi connectivity index (χ1v) is 12.5. The van der Waals surface area contributed by atoms with Gasteiger partial charge in [-0.05, 0) is 57.1 Å². The lowest BCUT2D eigenvalue weighted by atomic mass is 10.0. The molecule has 0 unspecified atom stereocenters. The van der Waals surface area contributed by atoms with Crippen LogP contribution in [0.4, 0.5) is 5.69 Å². The highest BCUT2D eigenvalue weighted by Gasteiger charge is 2.33. The van der Waals surface area contributed by atoms with Crippen molar-refractivity contribution in [3.8, 4) is 22.6 Å². The van der Waals surface area contributed by atoms with E-state index in [4.69, 9.17) is 9.72 Å². The topological polar surface area (TPSA) is 87.2 Å². The molecule has 2 fully saturated rings. The van der Waals surface area contributed by atoms with Crippen LogP contribution < -0.4 is 4.90 Å². The summed E-state index contributed by atoms with van der Waals surface area (Å²) in [6, 6.07) is 14.3. The van der Waals surface area contributed by atoms with Crippen molar-refractivity contribution in [3.05, 3.63) is 60.7 Å². The van der Waals surface area contributed by atoms with Gasteiger partial charge in [-0.25, -0.2) is 4.98 Å². The van der Waals surface area contributed by atoms with E-state index in [2.05, 4.69) is 43.9 Å². The number of rotatable bonds is 5. The van der Waals surface area contributed by atoms with E-state index in [9.17, 15) is 4.79 Å². The van der Waals surface area contributed by atoms with Crippen LogP contribution in [0.3, 0.4) is 0 Å². The van der Waals surface area contributed by atoms with Gasteiger partial charge < -0.3 is 19.5 Å². The largest absolute Gasteiger partial charge is 0.461 e. The molecule has 1 aromatic carbocycles. The Kier molecular flexibility index (Phi) is 5.89. The summed E-state index contributed by atoms with van der Waals surface area (Å²) >= 11 is 0. The quantitative estimate of drug-likeness (QED) is 0.429. The molecule has 0 radical (unpaired) electrons. The average molecular weight is 483 g/mol. The number of carbonyl (C=O) groups is 1. The van der Waals surface area contributed by atoms with E-state index in [0.29, 0.717) is 6.54 Å². The number of fused-ring (bicyclic) bond motifs is 1. The van der Waals surface area contributed by atoms with Gasteiger partial charge in [-0.1, -0.05) is 12.1 Å². The van der Waals surface area contributed by atoms with Crippen LogP contribution in [0.25, 0.3) is 33.5 Å². The van der Waals surface area contributed by atoms with Crippen LogP contribution in [0.1, 0.15) is 18.5 Å². The summed E-state index contributed by atoms with van der Waals surface area (Å²) in [6.45, 7) is 5.28. The predicted molar refractivity (Wildman–Crippen MR) is 140 cm³/mol. The second-order valence-electron chi connectivity index (χ2n) is 9.93. The Hall–Kier alpha value is -3.78. The van der Waals surface area contributed by atoms with Gasteiger partial charge in [0.25, 0.3) is 0 Å². The maximum absolute atomic E-state index is 12.7. The Morgan fingerprint density at radius 2 is 2.00 bits per heavy atom. The number of aryl methyl sites for hydroxylation is 1. The molecule has 8 nitrogen and oxygen atoms in total. The average Bonchev–Trinajstić information content (AvgIpc) is 3.64. The molecule has 0 spiro atoms. The second-order valence-corrected chi connectivity index (χ2v) is 9.93. The number of carbonyl (C=O) groups excluding carboxylic acids is 1. The summed E-state index contributed by atoms with van der Waals surface area (Å²) in [7, 11) is 2.07. The van der Waals surface area contributed by atoms with Crippen molar-refractivity contribution >= 4 is 22.6 Å². The lowest BCUT2D eigenvalue weighted by molar-refractivity contribution is -0.152. The van der Waals surface area contributed by atoms with E-state index in [1.165, 1.54) is 0 Å². The van der Waals surface area contributed by atoms with Crippen LogP contribution in [-0.2, 0) is 9.53 Å². The molecule has 0 aliphatic carbocycles. The number of aromatic amines is 1. The molecule has 5 heterocycles. The molecule has 2 aliphatic heterocycles. The number of hydrogen-bond donors (Lipinski definition) is 1. The number of nitrogens with zero attached hydrogens (tertiary/aromatic N) is 5. The predicted octanol–water partition coefficient (Wildman–Crippen LogP) is 4.07. The summed E-state index contributed by atoms with van der Waals surface area (Å²) in [4.78, 5) is 34.4. The number of nitrogens with one attached hydrogen (secondary N) is 1. The van der Waals surface area contributed by atoms with Gasteiger partial charge in [0.05, 0.1) is 46.7 Å². The molecule has 36 heavy (non-hydrogen) atoms. The van der Waals surface area contributed by atoms with Gasteiger partial charge in [-0.3, -0.25) is 14.8 Å². The van der Waals surface area contributed by atoms with Gasteiger partial charge in [0, 0.05) is 42.8 Å². The molecule has 0 amide bonds. The molecule has 6 rings (SSSR count). The van der Waals surface area contributed by atoms with Crippen molar-refractivity contribution in [2.45, 2.75) is 25.9 Å². The second kappa shape index (κ2) is 9.35. The number of likely N-dealkylation sites (N-methyl/N-ethyl adjacent to an activating group) is 1. The number of benzene rings is 1. The SMILES string of the molecule is Cc1cccc(-c2[nH]cnc2-c2ccc3ncc(N4CC[C@H](C(=O)O[C@@H]5CCN(C)C5)C4)cc3c2)n1. The number of ether oxygens (including phenoxy) is 1. The minimum atomic E-state index is -0.0913. The molecule has 0 bridgehead atoms. The monoisotopic (exact) mass is 482 g/mol. The van der Waals surface area contributed by atoms with E-state index in [0.717, 1.165) is 77.4 Å². The summed E-state index contributed by atoms with van der Waals surface area (Å²) in [5.41, 5.74) is 6.55. The van der Waals surface area contributed by atoms with Crippen LogP contribution in [0.15, 0.2) is 55.0 Å². The third-order valence-electron chi connectivity index (χ3n) is 7.24. The van der Waals surface area contributed by atoms with Crippen LogP contribution in [0.2, 0.25) is 0 Å². The molecule has 2 atom stereocenters. The third kappa shape index (κ3) is 4.44. The highest BCUT2D eigenvalue weighted by atomic mass is 16.5. The zero-order valence-electron chi connectivity index (χ0n) is 20.6. The van der Waals surface area contributed by atoms with Gasteiger partial charge >= 0.3 is 5.97 Å². The summed E-state index contributed by atoms with van der Waals surface area (Å²) < 4.78 is 5.79. The first kappa shape index (κ1) is 22.7. The smallest absolute Gasteiger partial charge is 0.311 e. The fraction of sp³-hybridized carbons (Fsp3) is 0.357. The van der Waals surface area contributed by atoms with E-state index in [-0.39, 0.29) is 18.0 Å². The first-order valence-electron chi connectivity index (χ1n) is 12.5. The maximum Gasteiger partial charge on any atom is 0.311 e. The van der Waals surface area contributed by atoms with Crippen LogP contribution in [-0.4, -0.2) is 70.1 Å². The van der Waals surface area contributed by atoms with Crippen molar-refractivity contribution in [3.63, 3.8) is 0 Å². The molecule has 3 aromatic heterocycles. The maximum atomic E-state index is 12.7. The molecule has 0 saturated carbocycles. The van der Waals surface area contributed by atoms with Crippen molar-refractivity contribution in [2.75, 3.05) is 38.1 Å². The Balaban J connectivity index is 1.22. The molecule has 2 saturated heterocycles. The number of imidazole rings is 1. The van der Waals surface area contributed by atoms with Crippen LogP contribution in [0, 0.1) is 12.8 Å². The molecule has 2 aliphatic rings. The first-order chi connectivity index (χ1) is 17.5. The van der Waals surface area contributed by atoms with Gasteiger partial charge in [0.15, 0.2) is 0 Å². The van der Waals surface area contributed by atoms with Gasteiger partial charge in [0.1, 0.15) is 6.10 Å². The zero-order valence-corrected chi connectivity index (χ0v) is 20.6. The van der Waals surface area contributed by atoms with Gasteiger partial charge in [-0.2, -0.15) is 0 Å². The van der Waals surface area contributed by atoms with Crippen molar-refractivity contribution in [1.82, 2.24) is 24.8 Å². The standard InChI is InChI=1S/C28H30N6O2/c1-18-4-3-5-25(32-18)27-26(30-17-31-27)19-6-7-24-21(12-19)13-22(14-29-24)34-11-8-20(15-34)28(35)36-23-9-10-33(2)16-23/h3-7,12-14,17,20,23H,8-11,15-16H2,1-2H3,(H,30,31)/t20-,23+/m0/s1. The Bertz CT molecular complexity index is 1420. The lowest BCUT2D eigenvalue weighted by Gasteiger charge is -2.19. The Labute approximate surface area is 210 Å². The fourth-order valence-electron chi connectivity index (χ4n) is 5.27. The number of esters is 1. The molecular weight excluding hydrogens is 452 g/mol. The summed E-state index contributed by atoms with van der Waals surface area (Å²) in [5.74, 6) is -0.156. The number of hydrogen-bond acceptors (Lipinski definition) is 7. The van der Waals surface area contributed by atoms with Gasteiger partial charge in [0.2, 0.25) is 0 Å². The van der Waals surface area contributed by atoms with E-state index in [1.807, 2.05) is 43.5 Å². The van der Waals surface area contributed by atoms with E-state index in [1.54, 1.807) is 6.33 Å². The molecule has 4 aromatic rings. The van der Waals surface area contributed by atoms with Gasteiger partial charge in [-0.15, -0.1) is 0 Å².